The minimum atomic E-state index is -0.0861. The largest absolute Gasteiger partial charge is 0.493 e. The van der Waals surface area contributed by atoms with E-state index in [0.29, 0.717) is 80.1 Å². The molecule has 326 valence electrons. The van der Waals surface area contributed by atoms with Gasteiger partial charge in [-0.2, -0.15) is 11.8 Å². The summed E-state index contributed by atoms with van der Waals surface area (Å²) in [5.74, 6) is 1.53. The maximum atomic E-state index is 13.7. The van der Waals surface area contributed by atoms with Crippen LogP contribution in [0.1, 0.15) is 65.5 Å². The van der Waals surface area contributed by atoms with Crippen molar-refractivity contribution < 1.29 is 38.4 Å². The Balaban J connectivity index is 1.14. The van der Waals surface area contributed by atoms with Gasteiger partial charge in [-0.05, 0) is 87.4 Å². The summed E-state index contributed by atoms with van der Waals surface area (Å²) in [6.07, 6.45) is 7.64. The molecule has 0 unspecified atom stereocenters. The van der Waals surface area contributed by atoms with Crippen molar-refractivity contribution in [1.82, 2.24) is 9.80 Å². The lowest BCUT2D eigenvalue weighted by molar-refractivity contribution is 0.0351. The molecular weight excluding hydrogens is 795 g/mol. The summed E-state index contributed by atoms with van der Waals surface area (Å²) < 4.78 is 30.1. The van der Waals surface area contributed by atoms with Crippen LogP contribution in [-0.4, -0.2) is 129 Å². The molecule has 7 rings (SSSR count). The SMILES string of the molecule is C=C1C[C@H]2CNc3cc(OCc4cc(COc5cc6c(cc5OC)C(=O)N5C/C(=C/C)C[C@H]5C=N6)cc(N(CCOCCOCCO)CC(C)(C)SC)c4)ccc3C(=O)N2C1. The molecule has 2 saturated heterocycles. The monoisotopic (exact) mass is 853 g/mol. The number of methoxy groups -OCH3 is 1. The van der Waals surface area contributed by atoms with Crippen molar-refractivity contribution in [1.29, 1.82) is 0 Å². The van der Waals surface area contributed by atoms with E-state index in [4.69, 9.17) is 33.8 Å². The fourth-order valence-corrected chi connectivity index (χ4v) is 8.48. The van der Waals surface area contributed by atoms with Crippen LogP contribution in [0.2, 0.25) is 0 Å². The fraction of sp³-hybridized carbons (Fsp3) is 0.468. The average Bonchev–Trinajstić information content (AvgIpc) is 3.80. The number of aliphatic hydroxyl groups is 1. The van der Waals surface area contributed by atoms with E-state index in [9.17, 15) is 9.59 Å². The second-order valence-electron chi connectivity index (χ2n) is 16.5. The normalized spacial score (nSPS) is 18.9. The van der Waals surface area contributed by atoms with Crippen molar-refractivity contribution in [3.63, 3.8) is 0 Å². The van der Waals surface area contributed by atoms with E-state index in [1.165, 1.54) is 5.57 Å². The van der Waals surface area contributed by atoms with Gasteiger partial charge in [0.2, 0.25) is 0 Å². The highest BCUT2D eigenvalue weighted by molar-refractivity contribution is 7.99. The third-order valence-corrected chi connectivity index (χ3v) is 12.9. The Bertz CT molecular complexity index is 2160. The number of anilines is 2. The predicted molar refractivity (Wildman–Crippen MR) is 241 cm³/mol. The topological polar surface area (TPSA) is 135 Å². The molecule has 14 heteroatoms. The number of aliphatic imine (C=N–C) groups is 1. The molecule has 4 heterocycles. The zero-order chi connectivity index (χ0) is 43.1. The van der Waals surface area contributed by atoms with Crippen LogP contribution in [0, 0.1) is 0 Å². The van der Waals surface area contributed by atoms with Gasteiger partial charge in [-0.1, -0.05) is 23.8 Å². The number of carbonyl (C=O) groups excluding carboxylic acids is 2. The van der Waals surface area contributed by atoms with Crippen LogP contribution in [0.15, 0.2) is 77.3 Å². The highest BCUT2D eigenvalue weighted by atomic mass is 32.2. The number of amides is 2. The van der Waals surface area contributed by atoms with Gasteiger partial charge in [0.05, 0.1) is 74.7 Å². The molecule has 0 spiro atoms. The molecule has 61 heavy (non-hydrogen) atoms. The first-order valence-corrected chi connectivity index (χ1v) is 22.2. The molecular formula is C47H59N5O8S. The lowest BCUT2D eigenvalue weighted by Gasteiger charge is -2.33. The molecule has 0 aromatic heterocycles. The number of hydrogen-bond donors (Lipinski definition) is 2. The van der Waals surface area contributed by atoms with Crippen LogP contribution in [0.25, 0.3) is 0 Å². The first-order chi connectivity index (χ1) is 29.5. The molecule has 0 bridgehead atoms. The number of carbonyl (C=O) groups is 2. The molecule has 0 saturated carbocycles. The minimum Gasteiger partial charge on any atom is -0.493 e. The van der Waals surface area contributed by atoms with E-state index in [0.717, 1.165) is 47.5 Å². The van der Waals surface area contributed by atoms with Crippen LogP contribution in [0.5, 0.6) is 17.2 Å². The summed E-state index contributed by atoms with van der Waals surface area (Å²) in [5, 5.41) is 12.5. The van der Waals surface area contributed by atoms with Crippen LogP contribution in [0.3, 0.4) is 0 Å². The van der Waals surface area contributed by atoms with Gasteiger partial charge in [-0.25, -0.2) is 0 Å². The highest BCUT2D eigenvalue weighted by Crippen LogP contribution is 2.40. The number of nitrogens with zero attached hydrogens (tertiary/aromatic N) is 4. The Labute approximate surface area is 363 Å². The lowest BCUT2D eigenvalue weighted by atomic mass is 10.1. The summed E-state index contributed by atoms with van der Waals surface area (Å²) in [6, 6.07) is 15.5. The zero-order valence-corrected chi connectivity index (χ0v) is 36.9. The van der Waals surface area contributed by atoms with E-state index in [-0.39, 0.29) is 55.1 Å². The van der Waals surface area contributed by atoms with E-state index in [1.54, 1.807) is 31.0 Å². The van der Waals surface area contributed by atoms with Crippen molar-refractivity contribution in [3.8, 4) is 17.2 Å². The number of hydrogen-bond acceptors (Lipinski definition) is 12. The highest BCUT2D eigenvalue weighted by Gasteiger charge is 2.36. The van der Waals surface area contributed by atoms with Gasteiger partial charge in [-0.15, -0.1) is 0 Å². The predicted octanol–water partition coefficient (Wildman–Crippen LogP) is 6.90. The van der Waals surface area contributed by atoms with Gasteiger partial charge in [0.1, 0.15) is 19.0 Å². The van der Waals surface area contributed by atoms with Crippen LogP contribution < -0.4 is 24.4 Å². The quantitative estimate of drug-likeness (QED) is 0.0964. The second-order valence-corrected chi connectivity index (χ2v) is 18.0. The maximum Gasteiger partial charge on any atom is 0.257 e. The minimum absolute atomic E-state index is 0.00954. The molecule has 4 aliphatic rings. The number of rotatable bonds is 19. The van der Waals surface area contributed by atoms with Crippen molar-refractivity contribution in [2.75, 3.05) is 89.3 Å². The molecule has 13 nitrogen and oxygen atoms in total. The van der Waals surface area contributed by atoms with E-state index < -0.39 is 0 Å². The van der Waals surface area contributed by atoms with Crippen molar-refractivity contribution >= 4 is 46.9 Å². The van der Waals surface area contributed by atoms with Crippen molar-refractivity contribution in [2.45, 2.75) is 63.7 Å². The van der Waals surface area contributed by atoms with Gasteiger partial charge < -0.3 is 48.8 Å². The number of allylic oxidation sites excluding steroid dienone is 1. The molecule has 2 atom stereocenters. The molecule has 2 amide bonds. The summed E-state index contributed by atoms with van der Waals surface area (Å²) in [7, 11) is 1.58. The van der Waals surface area contributed by atoms with Crippen LogP contribution >= 0.6 is 11.8 Å². The first kappa shape index (κ1) is 44.0. The lowest BCUT2D eigenvalue weighted by Crippen LogP contribution is -2.39. The van der Waals surface area contributed by atoms with E-state index in [2.05, 4.69) is 61.2 Å². The summed E-state index contributed by atoms with van der Waals surface area (Å²) in [5.41, 5.74) is 7.57. The molecule has 0 aliphatic carbocycles. The molecule has 4 aliphatic heterocycles. The molecule has 2 N–H and O–H groups in total. The molecule has 2 fully saturated rings. The van der Waals surface area contributed by atoms with Crippen LogP contribution in [-0.2, 0) is 22.7 Å². The van der Waals surface area contributed by atoms with Gasteiger partial charge in [0.25, 0.3) is 11.8 Å². The summed E-state index contributed by atoms with van der Waals surface area (Å²) in [6.45, 7) is 15.8. The zero-order valence-electron chi connectivity index (χ0n) is 36.0. The van der Waals surface area contributed by atoms with Crippen molar-refractivity contribution in [2.24, 2.45) is 4.99 Å². The second kappa shape index (κ2) is 19.8. The van der Waals surface area contributed by atoms with Gasteiger partial charge >= 0.3 is 0 Å². The molecule has 3 aromatic carbocycles. The first-order valence-electron chi connectivity index (χ1n) is 21.0. The number of nitrogens with one attached hydrogen (secondary N) is 1. The standard InChI is InChI=1S/C47H59N5O8S/c1-7-32-18-37-25-49-42-23-44(43(56-5)22-40(42)46(55)52(37)27-32)60-29-34-17-33(19-35(20-34)50(30-47(3,4)61-6)10-12-57-14-15-58-13-11-53)28-59-38-8-9-39-41(21-38)48-24-36-16-31(2)26-51(36)45(39)54/h7-9,17,19-23,25,36-37,48,53H,2,10-16,18,24,26-30H2,1,3-6H3/b32-7+/t36-,37-/m0/s1. The number of benzene rings is 3. The summed E-state index contributed by atoms with van der Waals surface area (Å²) >= 11 is 1.80. The number of ether oxygens (including phenoxy) is 5. The molecule has 0 radical (unpaired) electrons. The van der Waals surface area contributed by atoms with Gasteiger partial charge in [0, 0.05) is 61.5 Å². The van der Waals surface area contributed by atoms with Crippen LogP contribution in [0.4, 0.5) is 17.1 Å². The number of aliphatic hydroxyl groups excluding tert-OH is 1. The molecule has 3 aromatic rings. The maximum absolute atomic E-state index is 13.7. The Hall–Kier alpha value is -5.02. The Morgan fingerprint density at radius 2 is 1.69 bits per heavy atom. The van der Waals surface area contributed by atoms with Gasteiger partial charge in [0.15, 0.2) is 11.5 Å². The number of thioether (sulfide) groups is 1. The summed E-state index contributed by atoms with van der Waals surface area (Å²) in [4.78, 5) is 38.0. The number of fused-ring (bicyclic) bond motifs is 4. The Kier molecular flexibility index (Phi) is 14.3. The fourth-order valence-electron chi connectivity index (χ4n) is 8.20. The third kappa shape index (κ3) is 10.5. The van der Waals surface area contributed by atoms with E-state index >= 15 is 0 Å². The average molecular weight is 854 g/mol. The third-order valence-electron chi connectivity index (χ3n) is 11.6. The van der Waals surface area contributed by atoms with Crippen molar-refractivity contribution in [3.05, 3.63) is 94.6 Å². The Morgan fingerprint density at radius 3 is 2.43 bits per heavy atom. The Morgan fingerprint density at radius 1 is 0.934 bits per heavy atom. The van der Waals surface area contributed by atoms with Gasteiger partial charge in [-0.3, -0.25) is 14.6 Å². The smallest absolute Gasteiger partial charge is 0.257 e. The van der Waals surface area contributed by atoms with E-state index in [1.807, 2.05) is 41.1 Å².